The van der Waals surface area contributed by atoms with Crippen LogP contribution < -0.4 is 5.32 Å². The molecular formula is C13H14BrFN2. The van der Waals surface area contributed by atoms with Gasteiger partial charge in [0.2, 0.25) is 0 Å². The zero-order chi connectivity index (χ0) is 12.4. The van der Waals surface area contributed by atoms with Gasteiger partial charge in [-0.25, -0.2) is 9.37 Å². The van der Waals surface area contributed by atoms with E-state index in [4.69, 9.17) is 0 Å². The summed E-state index contributed by atoms with van der Waals surface area (Å²) >= 11 is 3.44. The van der Waals surface area contributed by atoms with Gasteiger partial charge in [-0.1, -0.05) is 29.3 Å². The summed E-state index contributed by atoms with van der Waals surface area (Å²) in [5.74, 6) is 0.471. The molecule has 0 saturated heterocycles. The number of benzene rings is 1. The second-order valence-electron chi connectivity index (χ2n) is 3.92. The summed E-state index contributed by atoms with van der Waals surface area (Å²) < 4.78 is 14.6. The summed E-state index contributed by atoms with van der Waals surface area (Å²) in [5, 5.41) is 3.85. The number of nitrogens with zero attached hydrogens (tertiary/aromatic N) is 1. The third-order valence-electron chi connectivity index (χ3n) is 2.72. The van der Waals surface area contributed by atoms with Gasteiger partial charge in [0.1, 0.15) is 17.2 Å². The maximum absolute atomic E-state index is 13.7. The lowest BCUT2D eigenvalue weighted by molar-refractivity contribution is 0.636. The van der Waals surface area contributed by atoms with Gasteiger partial charge in [0.05, 0.1) is 0 Å². The fraction of sp³-hybridized carbons (Fsp3) is 0.308. The Kier molecular flexibility index (Phi) is 3.62. The Bertz CT molecular complexity index is 555. The Labute approximate surface area is 108 Å². The molecular weight excluding hydrogens is 283 g/mol. The van der Waals surface area contributed by atoms with E-state index in [9.17, 15) is 4.39 Å². The van der Waals surface area contributed by atoms with Gasteiger partial charge in [-0.05, 0) is 30.2 Å². The number of nitrogens with one attached hydrogen (secondary N) is 1. The molecule has 0 aliphatic carbocycles. The second kappa shape index (κ2) is 5.00. The molecule has 90 valence electrons. The molecule has 0 aliphatic rings. The summed E-state index contributed by atoms with van der Waals surface area (Å²) in [7, 11) is 1.81. The lowest BCUT2D eigenvalue weighted by Crippen LogP contribution is -2.00. The molecule has 0 radical (unpaired) electrons. The van der Waals surface area contributed by atoms with E-state index in [1.54, 1.807) is 6.07 Å². The van der Waals surface area contributed by atoms with Crippen molar-refractivity contribution in [1.29, 1.82) is 0 Å². The molecule has 0 spiro atoms. The monoisotopic (exact) mass is 296 g/mol. The van der Waals surface area contributed by atoms with Crippen LogP contribution in [0.5, 0.6) is 0 Å². The van der Waals surface area contributed by atoms with Crippen molar-refractivity contribution in [3.05, 3.63) is 34.1 Å². The summed E-state index contributed by atoms with van der Waals surface area (Å²) in [5.41, 5.74) is 1.53. The molecule has 0 fully saturated rings. The Balaban J connectivity index is 2.73. The zero-order valence-electron chi connectivity index (χ0n) is 9.85. The highest BCUT2D eigenvalue weighted by atomic mass is 79.9. The third kappa shape index (κ3) is 2.27. The van der Waals surface area contributed by atoms with Crippen LogP contribution in [0.3, 0.4) is 0 Å². The van der Waals surface area contributed by atoms with Crippen molar-refractivity contribution in [2.45, 2.75) is 19.8 Å². The molecule has 2 rings (SSSR count). The first-order valence-electron chi connectivity index (χ1n) is 5.62. The number of rotatable bonds is 3. The van der Waals surface area contributed by atoms with Crippen LogP contribution in [0.25, 0.3) is 10.9 Å². The highest BCUT2D eigenvalue weighted by Crippen LogP contribution is 2.29. The molecule has 0 atom stereocenters. The van der Waals surface area contributed by atoms with Crippen molar-refractivity contribution >= 4 is 32.7 Å². The van der Waals surface area contributed by atoms with Crippen molar-refractivity contribution in [2.75, 3.05) is 12.4 Å². The number of aromatic nitrogens is 1. The minimum absolute atomic E-state index is 0.289. The predicted molar refractivity (Wildman–Crippen MR) is 72.9 cm³/mol. The Morgan fingerprint density at radius 3 is 2.82 bits per heavy atom. The van der Waals surface area contributed by atoms with Crippen LogP contribution >= 0.6 is 15.9 Å². The summed E-state index contributed by atoms with van der Waals surface area (Å²) in [6, 6.07) is 5.15. The van der Waals surface area contributed by atoms with Crippen LogP contribution in [0.15, 0.2) is 22.7 Å². The van der Waals surface area contributed by atoms with Crippen molar-refractivity contribution in [3.8, 4) is 0 Å². The molecule has 0 aliphatic heterocycles. The Hall–Kier alpha value is -1.16. The first-order valence-corrected chi connectivity index (χ1v) is 6.42. The van der Waals surface area contributed by atoms with Crippen molar-refractivity contribution in [3.63, 3.8) is 0 Å². The minimum Gasteiger partial charge on any atom is -0.373 e. The van der Waals surface area contributed by atoms with Gasteiger partial charge in [0.25, 0.3) is 0 Å². The lowest BCUT2D eigenvalue weighted by atomic mass is 10.1. The third-order valence-corrected chi connectivity index (χ3v) is 3.41. The number of halogens is 2. The van der Waals surface area contributed by atoms with E-state index in [-0.39, 0.29) is 5.82 Å². The van der Waals surface area contributed by atoms with E-state index >= 15 is 0 Å². The van der Waals surface area contributed by atoms with Gasteiger partial charge in [0, 0.05) is 16.9 Å². The number of hydrogen-bond acceptors (Lipinski definition) is 2. The Morgan fingerprint density at radius 1 is 1.41 bits per heavy atom. The standard InChI is InChI=1S/C13H14BrFN2/c1-3-4-8-7-9-10(14)5-6-11(15)12(9)17-13(8)16-2/h5-7H,3-4H2,1-2H3,(H,16,17). The van der Waals surface area contributed by atoms with E-state index in [1.165, 1.54) is 6.07 Å². The highest BCUT2D eigenvalue weighted by Gasteiger charge is 2.10. The smallest absolute Gasteiger partial charge is 0.149 e. The first kappa shape index (κ1) is 12.3. The maximum Gasteiger partial charge on any atom is 0.149 e. The molecule has 0 amide bonds. The molecule has 0 saturated carbocycles. The molecule has 0 unspecified atom stereocenters. The molecule has 17 heavy (non-hydrogen) atoms. The van der Waals surface area contributed by atoms with Crippen LogP contribution in [0.4, 0.5) is 10.2 Å². The number of anilines is 1. The molecule has 1 N–H and O–H groups in total. The predicted octanol–water partition coefficient (Wildman–Crippen LogP) is 4.13. The van der Waals surface area contributed by atoms with E-state index in [0.717, 1.165) is 34.1 Å². The molecule has 1 heterocycles. The number of aryl methyl sites for hydroxylation is 1. The van der Waals surface area contributed by atoms with E-state index in [1.807, 2.05) is 13.1 Å². The lowest BCUT2D eigenvalue weighted by Gasteiger charge is -2.10. The SMILES string of the molecule is CCCc1cc2c(Br)ccc(F)c2nc1NC. The van der Waals surface area contributed by atoms with Crippen LogP contribution in [-0.2, 0) is 6.42 Å². The molecule has 2 aromatic rings. The number of pyridine rings is 1. The first-order chi connectivity index (χ1) is 8.17. The molecule has 2 nitrogen and oxygen atoms in total. The van der Waals surface area contributed by atoms with E-state index < -0.39 is 0 Å². The topological polar surface area (TPSA) is 24.9 Å². The van der Waals surface area contributed by atoms with Crippen molar-refractivity contribution < 1.29 is 4.39 Å². The molecule has 1 aromatic heterocycles. The fourth-order valence-corrected chi connectivity index (χ4v) is 2.34. The van der Waals surface area contributed by atoms with E-state index in [0.29, 0.717) is 5.52 Å². The van der Waals surface area contributed by atoms with Crippen LogP contribution in [0, 0.1) is 5.82 Å². The normalized spacial score (nSPS) is 10.8. The average molecular weight is 297 g/mol. The fourth-order valence-electron chi connectivity index (χ4n) is 1.91. The van der Waals surface area contributed by atoms with Crippen LogP contribution in [-0.4, -0.2) is 12.0 Å². The van der Waals surface area contributed by atoms with Crippen LogP contribution in [0.1, 0.15) is 18.9 Å². The van der Waals surface area contributed by atoms with E-state index in [2.05, 4.69) is 33.2 Å². The van der Waals surface area contributed by atoms with Gasteiger partial charge in [-0.2, -0.15) is 0 Å². The van der Waals surface area contributed by atoms with Gasteiger partial charge in [-0.15, -0.1) is 0 Å². The van der Waals surface area contributed by atoms with Crippen molar-refractivity contribution in [2.24, 2.45) is 0 Å². The van der Waals surface area contributed by atoms with Gasteiger partial charge in [-0.3, -0.25) is 0 Å². The molecule has 0 bridgehead atoms. The quantitative estimate of drug-likeness (QED) is 0.921. The van der Waals surface area contributed by atoms with Gasteiger partial charge < -0.3 is 5.32 Å². The summed E-state index contributed by atoms with van der Waals surface area (Å²) in [6.45, 7) is 2.12. The molecule has 1 aromatic carbocycles. The molecule has 4 heteroatoms. The highest BCUT2D eigenvalue weighted by molar-refractivity contribution is 9.10. The van der Waals surface area contributed by atoms with Crippen LogP contribution in [0.2, 0.25) is 0 Å². The minimum atomic E-state index is -0.289. The summed E-state index contributed by atoms with van der Waals surface area (Å²) in [4.78, 5) is 4.36. The van der Waals surface area contributed by atoms with Gasteiger partial charge >= 0.3 is 0 Å². The summed E-state index contributed by atoms with van der Waals surface area (Å²) in [6.07, 6.45) is 1.97. The zero-order valence-corrected chi connectivity index (χ0v) is 11.4. The average Bonchev–Trinajstić information content (AvgIpc) is 2.34. The van der Waals surface area contributed by atoms with Crippen molar-refractivity contribution in [1.82, 2.24) is 4.98 Å². The number of fused-ring (bicyclic) bond motifs is 1. The maximum atomic E-state index is 13.7. The van der Waals surface area contributed by atoms with Gasteiger partial charge in [0.15, 0.2) is 0 Å². The largest absolute Gasteiger partial charge is 0.373 e. The Morgan fingerprint density at radius 2 is 2.18 bits per heavy atom. The second-order valence-corrected chi connectivity index (χ2v) is 4.78. The number of hydrogen-bond donors (Lipinski definition) is 1.